The van der Waals surface area contributed by atoms with Crippen molar-refractivity contribution in [2.24, 2.45) is 0 Å². The van der Waals surface area contributed by atoms with E-state index in [0.29, 0.717) is 11.1 Å². The summed E-state index contributed by atoms with van der Waals surface area (Å²) in [5, 5.41) is 0. The number of nitrogens with zero attached hydrogens (tertiary/aromatic N) is 2. The number of aromatic nitrogens is 2. The smallest absolute Gasteiger partial charge is 0.416 e. The zero-order valence-corrected chi connectivity index (χ0v) is 9.48. The lowest BCUT2D eigenvalue weighted by Gasteiger charge is -2.04. The van der Waals surface area contributed by atoms with Crippen molar-refractivity contribution in [3.63, 3.8) is 0 Å². The molecule has 0 N–H and O–H groups in total. The van der Waals surface area contributed by atoms with Crippen LogP contribution in [0.5, 0.6) is 0 Å². The van der Waals surface area contributed by atoms with Gasteiger partial charge in [0.2, 0.25) is 5.89 Å². The summed E-state index contributed by atoms with van der Waals surface area (Å²) < 4.78 is 43.1. The molecule has 6 heteroatoms. The molecule has 0 fully saturated rings. The maximum atomic E-state index is 12.6. The molecule has 0 aliphatic rings. The maximum Gasteiger partial charge on any atom is 0.416 e. The Kier molecular flexibility index (Phi) is 2.51. The van der Waals surface area contributed by atoms with Crippen LogP contribution in [0, 0.1) is 0 Å². The summed E-state index contributed by atoms with van der Waals surface area (Å²) in [7, 11) is 0. The van der Waals surface area contributed by atoms with Crippen molar-refractivity contribution in [2.75, 3.05) is 0 Å². The largest absolute Gasteiger partial charge is 0.436 e. The third kappa shape index (κ3) is 2.16. The van der Waals surface area contributed by atoms with E-state index in [9.17, 15) is 13.2 Å². The molecular formula is C13H7F3N2O. The molecule has 3 rings (SSSR count). The van der Waals surface area contributed by atoms with Gasteiger partial charge in [-0.05, 0) is 30.3 Å². The Balaban J connectivity index is 2.12. The summed E-state index contributed by atoms with van der Waals surface area (Å²) in [5.41, 5.74) is 0.415. The van der Waals surface area contributed by atoms with E-state index in [1.54, 1.807) is 24.5 Å². The third-order valence-electron chi connectivity index (χ3n) is 2.64. The number of pyridine rings is 1. The number of benzene rings is 1. The molecule has 3 aromatic rings. The van der Waals surface area contributed by atoms with E-state index in [1.165, 1.54) is 6.07 Å². The minimum atomic E-state index is -4.39. The Morgan fingerprint density at radius 1 is 1.00 bits per heavy atom. The summed E-state index contributed by atoms with van der Waals surface area (Å²) in [6.45, 7) is 0. The van der Waals surface area contributed by atoms with Crippen LogP contribution >= 0.6 is 0 Å². The van der Waals surface area contributed by atoms with Gasteiger partial charge in [0.1, 0.15) is 5.52 Å². The molecule has 2 aromatic heterocycles. The molecule has 3 nitrogen and oxygen atoms in total. The zero-order chi connectivity index (χ0) is 13.5. The summed E-state index contributed by atoms with van der Waals surface area (Å²) in [4.78, 5) is 8.00. The van der Waals surface area contributed by atoms with Gasteiger partial charge in [-0.25, -0.2) is 4.98 Å². The molecule has 0 atom stereocenters. The van der Waals surface area contributed by atoms with Gasteiger partial charge in [-0.3, -0.25) is 4.98 Å². The van der Waals surface area contributed by atoms with E-state index in [0.717, 1.165) is 12.1 Å². The molecular weight excluding hydrogens is 257 g/mol. The van der Waals surface area contributed by atoms with Crippen molar-refractivity contribution in [3.05, 3.63) is 48.3 Å². The van der Waals surface area contributed by atoms with Crippen molar-refractivity contribution >= 4 is 11.1 Å². The highest BCUT2D eigenvalue weighted by Gasteiger charge is 2.31. The van der Waals surface area contributed by atoms with E-state index in [2.05, 4.69) is 9.97 Å². The molecule has 2 heterocycles. The number of halogens is 3. The molecule has 96 valence electrons. The minimum absolute atomic E-state index is 0.113. The first-order valence-electron chi connectivity index (χ1n) is 5.42. The van der Waals surface area contributed by atoms with Crippen molar-refractivity contribution in [1.29, 1.82) is 0 Å². The van der Waals surface area contributed by atoms with Crippen LogP contribution in [0.25, 0.3) is 22.6 Å². The van der Waals surface area contributed by atoms with Gasteiger partial charge in [-0.15, -0.1) is 0 Å². The Morgan fingerprint density at radius 3 is 2.42 bits per heavy atom. The van der Waals surface area contributed by atoms with Crippen LogP contribution in [0.4, 0.5) is 13.2 Å². The lowest BCUT2D eigenvalue weighted by molar-refractivity contribution is -0.137. The molecule has 0 saturated heterocycles. The fourth-order valence-electron chi connectivity index (χ4n) is 1.72. The van der Waals surface area contributed by atoms with Gasteiger partial charge in [0.05, 0.1) is 5.56 Å². The highest BCUT2D eigenvalue weighted by Crippen LogP contribution is 2.32. The Labute approximate surface area is 105 Å². The van der Waals surface area contributed by atoms with Crippen LogP contribution < -0.4 is 0 Å². The van der Waals surface area contributed by atoms with Crippen LogP contribution in [0.15, 0.2) is 47.1 Å². The predicted octanol–water partition coefficient (Wildman–Crippen LogP) is 3.91. The Hall–Kier alpha value is -2.37. The highest BCUT2D eigenvalue weighted by molar-refractivity contribution is 5.76. The maximum absolute atomic E-state index is 12.6. The van der Waals surface area contributed by atoms with Crippen LogP contribution in [0.2, 0.25) is 0 Å². The summed E-state index contributed by atoms with van der Waals surface area (Å²) >= 11 is 0. The second-order valence-corrected chi connectivity index (χ2v) is 3.94. The topological polar surface area (TPSA) is 38.9 Å². The highest BCUT2D eigenvalue weighted by atomic mass is 19.4. The van der Waals surface area contributed by atoms with Crippen LogP contribution in [-0.4, -0.2) is 9.97 Å². The lowest BCUT2D eigenvalue weighted by atomic mass is 10.2. The molecule has 0 saturated carbocycles. The van der Waals surface area contributed by atoms with E-state index in [-0.39, 0.29) is 11.5 Å². The molecule has 0 radical (unpaired) electrons. The molecule has 0 bridgehead atoms. The average Bonchev–Trinajstić information content (AvgIpc) is 2.81. The average molecular weight is 264 g/mol. The van der Waals surface area contributed by atoms with E-state index in [1.807, 2.05) is 0 Å². The summed E-state index contributed by atoms with van der Waals surface area (Å²) in [5.74, 6) is 0.275. The number of rotatable bonds is 1. The Bertz CT molecular complexity index is 720. The monoisotopic (exact) mass is 264 g/mol. The summed E-state index contributed by atoms with van der Waals surface area (Å²) in [6, 6.07) is 6.59. The number of alkyl halides is 3. The number of fused-ring (bicyclic) bond motifs is 1. The third-order valence-corrected chi connectivity index (χ3v) is 2.64. The van der Waals surface area contributed by atoms with E-state index < -0.39 is 11.7 Å². The van der Waals surface area contributed by atoms with Crippen molar-refractivity contribution in [2.45, 2.75) is 6.18 Å². The molecule has 0 aliphatic heterocycles. The molecule has 0 spiro atoms. The first-order valence-corrected chi connectivity index (χ1v) is 5.42. The van der Waals surface area contributed by atoms with Gasteiger partial charge in [0, 0.05) is 18.0 Å². The fraction of sp³-hybridized carbons (Fsp3) is 0.0769. The van der Waals surface area contributed by atoms with Crippen molar-refractivity contribution in [3.8, 4) is 11.5 Å². The molecule has 0 aliphatic carbocycles. The quantitative estimate of drug-likeness (QED) is 0.669. The van der Waals surface area contributed by atoms with Gasteiger partial charge in [-0.2, -0.15) is 13.2 Å². The molecule has 1 aromatic carbocycles. The second kappa shape index (κ2) is 4.08. The summed E-state index contributed by atoms with van der Waals surface area (Å²) in [6.07, 6.45) is -1.27. The van der Waals surface area contributed by atoms with Crippen LogP contribution in [0.3, 0.4) is 0 Å². The lowest BCUT2D eigenvalue weighted by Crippen LogP contribution is -2.03. The Morgan fingerprint density at radius 2 is 1.74 bits per heavy atom. The SMILES string of the molecule is FC(F)(F)c1ccc2nc(-c3ccncc3)oc2c1. The zero-order valence-electron chi connectivity index (χ0n) is 9.48. The minimum Gasteiger partial charge on any atom is -0.436 e. The van der Waals surface area contributed by atoms with Crippen molar-refractivity contribution < 1.29 is 17.6 Å². The molecule has 19 heavy (non-hydrogen) atoms. The normalized spacial score (nSPS) is 11.9. The van der Waals surface area contributed by atoms with E-state index >= 15 is 0 Å². The second-order valence-electron chi connectivity index (χ2n) is 3.94. The van der Waals surface area contributed by atoms with Gasteiger partial charge < -0.3 is 4.42 Å². The first-order chi connectivity index (χ1) is 9.04. The van der Waals surface area contributed by atoms with Crippen LogP contribution in [-0.2, 0) is 6.18 Å². The van der Waals surface area contributed by atoms with Crippen LogP contribution in [0.1, 0.15) is 5.56 Å². The van der Waals surface area contributed by atoms with Gasteiger partial charge in [-0.1, -0.05) is 0 Å². The number of oxazole rings is 1. The van der Waals surface area contributed by atoms with E-state index in [4.69, 9.17) is 4.42 Å². The van der Waals surface area contributed by atoms with Gasteiger partial charge in [0.15, 0.2) is 5.58 Å². The van der Waals surface area contributed by atoms with Gasteiger partial charge >= 0.3 is 6.18 Å². The fourth-order valence-corrected chi connectivity index (χ4v) is 1.72. The first kappa shape index (κ1) is 11.7. The number of hydrogen-bond acceptors (Lipinski definition) is 3. The molecule has 0 amide bonds. The standard InChI is InChI=1S/C13H7F3N2O/c14-13(15,16)9-1-2-10-11(7-9)19-12(18-10)8-3-5-17-6-4-8/h1-7H. The predicted molar refractivity (Wildman–Crippen MR) is 62.2 cm³/mol. The van der Waals surface area contributed by atoms with Crippen molar-refractivity contribution in [1.82, 2.24) is 9.97 Å². The molecule has 0 unspecified atom stereocenters. The van der Waals surface area contributed by atoms with Gasteiger partial charge in [0.25, 0.3) is 0 Å². The number of hydrogen-bond donors (Lipinski definition) is 0.